The fraction of sp³-hybridized carbons (Fsp3) is 0.393. The first-order valence-electron chi connectivity index (χ1n) is 12.8. The van der Waals surface area contributed by atoms with Crippen LogP contribution >= 0.6 is 0 Å². The van der Waals surface area contributed by atoms with Crippen LogP contribution in [0.1, 0.15) is 40.5 Å². The van der Waals surface area contributed by atoms with Gasteiger partial charge in [-0.05, 0) is 51.1 Å². The van der Waals surface area contributed by atoms with Crippen LogP contribution in [0.15, 0.2) is 42.5 Å². The number of rotatable bonds is 7. The summed E-state index contributed by atoms with van der Waals surface area (Å²) in [6, 6.07) is 11.4. The number of hydrazine groups is 1. The number of piperidine rings is 1. The largest absolute Gasteiger partial charge is 0.493 e. The molecule has 2 heterocycles. The lowest BCUT2D eigenvalue weighted by molar-refractivity contribution is -0.130. The number of anilines is 2. The van der Waals surface area contributed by atoms with Gasteiger partial charge in [0, 0.05) is 55.9 Å². The molecule has 0 spiro atoms. The predicted molar refractivity (Wildman–Crippen MR) is 150 cm³/mol. The normalized spacial score (nSPS) is 14.2. The van der Waals surface area contributed by atoms with Gasteiger partial charge in [0.2, 0.25) is 5.91 Å². The second-order valence-electron chi connectivity index (χ2n) is 10.5. The van der Waals surface area contributed by atoms with Gasteiger partial charge in [0.05, 0.1) is 18.3 Å². The van der Waals surface area contributed by atoms with Crippen LogP contribution in [0.25, 0.3) is 10.9 Å². The zero-order chi connectivity index (χ0) is 28.3. The lowest BCUT2D eigenvalue weighted by Gasteiger charge is -2.31. The van der Waals surface area contributed by atoms with Crippen molar-refractivity contribution in [2.24, 2.45) is 11.6 Å². The van der Waals surface area contributed by atoms with Gasteiger partial charge >= 0.3 is 6.03 Å². The minimum absolute atomic E-state index is 0.0421. The highest BCUT2D eigenvalue weighted by Gasteiger charge is 2.24. The second kappa shape index (κ2) is 11.2. The highest BCUT2D eigenvalue weighted by atomic mass is 16.5. The average molecular weight is 537 g/mol. The Morgan fingerprint density at radius 3 is 2.28 bits per heavy atom. The molecule has 0 bridgehead atoms. The van der Waals surface area contributed by atoms with E-state index in [2.05, 4.69) is 5.32 Å². The van der Waals surface area contributed by atoms with Crippen molar-refractivity contribution in [3.63, 3.8) is 0 Å². The molecule has 0 atom stereocenters. The smallest absolute Gasteiger partial charge is 0.333 e. The zero-order valence-corrected chi connectivity index (χ0v) is 23.0. The first kappa shape index (κ1) is 27.8. The van der Waals surface area contributed by atoms with Crippen LogP contribution < -0.4 is 36.1 Å². The van der Waals surface area contributed by atoms with Crippen LogP contribution in [0.4, 0.5) is 16.3 Å². The predicted octanol–water partition coefficient (Wildman–Crippen LogP) is 4.39. The number of benzene rings is 2. The molecule has 2 aromatic carbocycles. The van der Waals surface area contributed by atoms with Crippen molar-refractivity contribution in [2.75, 3.05) is 30.5 Å². The van der Waals surface area contributed by atoms with Crippen LogP contribution in [-0.2, 0) is 4.79 Å². The number of urea groups is 1. The maximum atomic E-state index is 11.7. The fourth-order valence-corrected chi connectivity index (χ4v) is 4.38. The van der Waals surface area contributed by atoms with Gasteiger partial charge in [-0.2, -0.15) is 0 Å². The third kappa shape index (κ3) is 6.80. The quantitative estimate of drug-likeness (QED) is 0.229. The fourth-order valence-electron chi connectivity index (χ4n) is 4.38. The van der Waals surface area contributed by atoms with Crippen LogP contribution in [0, 0.1) is 0 Å². The number of hydrogen-bond donors (Lipinski definition) is 3. The summed E-state index contributed by atoms with van der Waals surface area (Å²) >= 11 is 0. The third-order valence-corrected chi connectivity index (χ3v) is 6.32. The third-order valence-electron chi connectivity index (χ3n) is 6.32. The van der Waals surface area contributed by atoms with Crippen LogP contribution in [-0.4, -0.2) is 53.7 Å². The number of aromatic nitrogens is 1. The van der Waals surface area contributed by atoms with Gasteiger partial charge in [0.15, 0.2) is 11.5 Å². The van der Waals surface area contributed by atoms with E-state index in [1.54, 1.807) is 38.3 Å². The lowest BCUT2D eigenvalue weighted by Crippen LogP contribution is -2.41. The van der Waals surface area contributed by atoms with Crippen LogP contribution in [0.2, 0.25) is 0 Å². The minimum Gasteiger partial charge on any atom is -0.493 e. The molecular formula is C28H36N6O5. The van der Waals surface area contributed by atoms with Crippen molar-refractivity contribution < 1.29 is 23.8 Å². The monoisotopic (exact) mass is 536 g/mol. The zero-order valence-electron chi connectivity index (χ0n) is 23.0. The molecular weight excluding hydrogens is 500 g/mol. The molecule has 0 unspecified atom stereocenters. The minimum atomic E-state index is -0.767. The Bertz CT molecular complexity index is 1350. The van der Waals surface area contributed by atoms with Gasteiger partial charge in [-0.25, -0.2) is 20.6 Å². The van der Waals surface area contributed by atoms with Crippen molar-refractivity contribution in [2.45, 2.75) is 52.2 Å². The van der Waals surface area contributed by atoms with Gasteiger partial charge in [0.25, 0.3) is 0 Å². The Kier molecular flexibility index (Phi) is 8.01. The topological polar surface area (TPSA) is 145 Å². The summed E-state index contributed by atoms with van der Waals surface area (Å²) in [7, 11) is 1.59. The highest BCUT2D eigenvalue weighted by Crippen LogP contribution is 2.40. The van der Waals surface area contributed by atoms with Gasteiger partial charge in [-0.15, -0.1) is 0 Å². The molecule has 3 aromatic rings. The molecule has 0 radical (unpaired) electrons. The number of carbonyl (C=O) groups excluding carboxylic acids is 2. The summed E-state index contributed by atoms with van der Waals surface area (Å²) in [4.78, 5) is 29.7. The van der Waals surface area contributed by atoms with Gasteiger partial charge in [-0.1, -0.05) is 0 Å². The molecule has 11 nitrogen and oxygen atoms in total. The summed E-state index contributed by atoms with van der Waals surface area (Å²) in [5.41, 5.74) is 6.11. The molecule has 0 aliphatic carbocycles. The molecule has 39 heavy (non-hydrogen) atoms. The molecule has 208 valence electrons. The standard InChI is InChI=1S/C28H36N6O5/c1-17(35)33-12-10-20(11-13-33)39-25-15-22-21(14-24(25)37-5)23(16-26(31-22)32-28(2,3)4)38-19-8-6-18(7-9-19)34(30)27(29)36/h6-9,14-16,20H,10-13,30H2,1-5H3,(H2,29,36)(H,31,32). The molecule has 4 rings (SSSR count). The van der Waals surface area contributed by atoms with Crippen molar-refractivity contribution in [1.29, 1.82) is 0 Å². The molecule has 5 N–H and O–H groups in total. The molecule has 1 fully saturated rings. The molecule has 1 aliphatic rings. The van der Waals surface area contributed by atoms with E-state index >= 15 is 0 Å². The molecule has 3 amide bonds. The Morgan fingerprint density at radius 1 is 1.05 bits per heavy atom. The number of primary amides is 1. The number of nitrogens with zero attached hydrogens (tertiary/aromatic N) is 3. The average Bonchev–Trinajstić information content (AvgIpc) is 2.87. The number of amides is 3. The van der Waals surface area contributed by atoms with E-state index in [0.29, 0.717) is 53.1 Å². The number of likely N-dealkylation sites (tertiary alicyclic amines) is 1. The van der Waals surface area contributed by atoms with Crippen molar-refractivity contribution in [3.05, 3.63) is 42.5 Å². The summed E-state index contributed by atoms with van der Waals surface area (Å²) < 4.78 is 18.3. The van der Waals surface area contributed by atoms with Crippen molar-refractivity contribution >= 4 is 34.3 Å². The summed E-state index contributed by atoms with van der Waals surface area (Å²) in [6.45, 7) is 9.05. The number of nitrogens with two attached hydrogens (primary N) is 2. The first-order chi connectivity index (χ1) is 18.4. The van der Waals surface area contributed by atoms with E-state index in [-0.39, 0.29) is 17.6 Å². The Morgan fingerprint density at radius 2 is 1.72 bits per heavy atom. The van der Waals surface area contributed by atoms with Gasteiger partial charge in [-0.3, -0.25) is 4.79 Å². The van der Waals surface area contributed by atoms with Crippen molar-refractivity contribution in [3.8, 4) is 23.0 Å². The number of pyridine rings is 1. The molecule has 1 saturated heterocycles. The second-order valence-corrected chi connectivity index (χ2v) is 10.5. The molecule has 11 heteroatoms. The van der Waals surface area contributed by atoms with E-state index in [1.165, 1.54) is 0 Å². The number of methoxy groups -OCH3 is 1. The number of hydrogen-bond acceptors (Lipinski definition) is 8. The van der Waals surface area contributed by atoms with Gasteiger partial charge < -0.3 is 30.2 Å². The Balaban J connectivity index is 1.68. The molecule has 1 aliphatic heterocycles. The number of ether oxygens (including phenoxy) is 3. The lowest BCUT2D eigenvalue weighted by atomic mass is 10.1. The van der Waals surface area contributed by atoms with E-state index in [1.807, 2.05) is 43.9 Å². The van der Waals surface area contributed by atoms with E-state index in [4.69, 9.17) is 30.8 Å². The summed E-state index contributed by atoms with van der Waals surface area (Å²) in [6.07, 6.45) is 1.43. The van der Waals surface area contributed by atoms with E-state index in [9.17, 15) is 9.59 Å². The number of nitrogens with one attached hydrogen (secondary N) is 1. The Hall–Kier alpha value is -4.25. The Labute approximate surface area is 228 Å². The highest BCUT2D eigenvalue weighted by molar-refractivity contribution is 5.91. The summed E-state index contributed by atoms with van der Waals surface area (Å²) in [5, 5.41) is 4.99. The maximum Gasteiger partial charge on any atom is 0.333 e. The summed E-state index contributed by atoms with van der Waals surface area (Å²) in [5.74, 6) is 8.61. The van der Waals surface area contributed by atoms with E-state index < -0.39 is 6.03 Å². The van der Waals surface area contributed by atoms with Crippen LogP contribution in [0.3, 0.4) is 0 Å². The van der Waals surface area contributed by atoms with Crippen molar-refractivity contribution in [1.82, 2.24) is 9.88 Å². The van der Waals surface area contributed by atoms with Gasteiger partial charge in [0.1, 0.15) is 23.4 Å². The molecule has 0 saturated carbocycles. The SMILES string of the molecule is COc1cc2c(Oc3ccc(N(N)C(N)=O)cc3)cc(NC(C)(C)C)nc2cc1OC1CCN(C(C)=O)CC1. The number of fused-ring (bicyclic) bond motifs is 1. The van der Waals surface area contributed by atoms with E-state index in [0.717, 1.165) is 23.2 Å². The first-order valence-corrected chi connectivity index (χ1v) is 12.8. The van der Waals surface area contributed by atoms with Crippen LogP contribution in [0.5, 0.6) is 23.0 Å². The molecule has 1 aromatic heterocycles. The number of carbonyl (C=O) groups is 2. The maximum absolute atomic E-state index is 11.7.